The van der Waals surface area contributed by atoms with E-state index in [1.54, 1.807) is 6.92 Å². The lowest BCUT2D eigenvalue weighted by Gasteiger charge is -2.32. The Morgan fingerprint density at radius 2 is 2.12 bits per heavy atom. The van der Waals surface area contributed by atoms with Crippen molar-refractivity contribution >= 4 is 17.7 Å². The molecule has 126 valence electrons. The molecule has 1 aliphatic rings. The van der Waals surface area contributed by atoms with Gasteiger partial charge in [-0.15, -0.1) is 5.10 Å². The molecule has 1 aliphatic heterocycles. The van der Waals surface area contributed by atoms with Crippen molar-refractivity contribution in [1.82, 2.24) is 25.1 Å². The minimum absolute atomic E-state index is 0.00703. The van der Waals surface area contributed by atoms with E-state index in [0.717, 1.165) is 31.5 Å². The molecule has 0 radical (unpaired) electrons. The van der Waals surface area contributed by atoms with Gasteiger partial charge in [0.1, 0.15) is 5.70 Å². The van der Waals surface area contributed by atoms with Crippen LogP contribution in [0.5, 0.6) is 0 Å². The summed E-state index contributed by atoms with van der Waals surface area (Å²) < 4.78 is 1.53. The number of aryl methyl sites for hydroxylation is 1. The maximum Gasteiger partial charge on any atom is 0.272 e. The first-order chi connectivity index (χ1) is 11.7. The summed E-state index contributed by atoms with van der Waals surface area (Å²) in [5, 5.41) is 11.6. The van der Waals surface area contributed by atoms with E-state index >= 15 is 0 Å². The van der Waals surface area contributed by atoms with Crippen LogP contribution in [0, 0.1) is 12.8 Å². The highest BCUT2D eigenvalue weighted by Gasteiger charge is 2.27. The van der Waals surface area contributed by atoms with Crippen LogP contribution in [0.1, 0.15) is 37.6 Å². The van der Waals surface area contributed by atoms with Gasteiger partial charge in [0.05, 0.1) is 0 Å². The molecule has 2 aromatic rings. The molecule has 0 N–H and O–H groups in total. The highest BCUT2D eigenvalue weighted by Crippen LogP contribution is 2.23. The summed E-state index contributed by atoms with van der Waals surface area (Å²) in [6, 6.07) is 9.80. The summed E-state index contributed by atoms with van der Waals surface area (Å²) in [4.78, 5) is 15.1. The molecule has 0 spiro atoms. The number of carbonyl (C=O) groups is 1. The van der Waals surface area contributed by atoms with Crippen molar-refractivity contribution in [3.8, 4) is 0 Å². The van der Waals surface area contributed by atoms with Crippen molar-refractivity contribution in [2.45, 2.75) is 33.1 Å². The van der Waals surface area contributed by atoms with Crippen molar-refractivity contribution in [3.63, 3.8) is 0 Å². The molecule has 1 amide bonds. The Kier molecular flexibility index (Phi) is 5.03. The molecule has 1 aromatic heterocycles. The third kappa shape index (κ3) is 3.53. The largest absolute Gasteiger partial charge is 0.337 e. The zero-order chi connectivity index (χ0) is 16.9. The number of hydrogen-bond donors (Lipinski definition) is 0. The monoisotopic (exact) mass is 325 g/mol. The van der Waals surface area contributed by atoms with E-state index in [9.17, 15) is 4.79 Å². The van der Waals surface area contributed by atoms with Crippen molar-refractivity contribution in [1.29, 1.82) is 0 Å². The number of rotatable bonds is 4. The van der Waals surface area contributed by atoms with Gasteiger partial charge in [-0.1, -0.05) is 43.7 Å². The lowest BCUT2D eigenvalue weighted by atomic mass is 9.95. The second kappa shape index (κ2) is 7.38. The van der Waals surface area contributed by atoms with Crippen LogP contribution in [0.15, 0.2) is 30.3 Å². The molecule has 3 rings (SSSR count). The van der Waals surface area contributed by atoms with Gasteiger partial charge in [-0.2, -0.15) is 4.68 Å². The van der Waals surface area contributed by atoms with Gasteiger partial charge < -0.3 is 4.90 Å². The van der Waals surface area contributed by atoms with Crippen LogP contribution in [-0.4, -0.2) is 44.1 Å². The van der Waals surface area contributed by atoms with Gasteiger partial charge in [0.25, 0.3) is 5.91 Å². The van der Waals surface area contributed by atoms with E-state index in [2.05, 4.69) is 22.4 Å². The van der Waals surface area contributed by atoms with Crippen LogP contribution < -0.4 is 0 Å². The van der Waals surface area contributed by atoms with E-state index in [4.69, 9.17) is 0 Å². The van der Waals surface area contributed by atoms with E-state index < -0.39 is 0 Å². The minimum Gasteiger partial charge on any atom is -0.337 e. The number of piperidine rings is 1. The lowest BCUT2D eigenvalue weighted by Crippen LogP contribution is -2.41. The first kappa shape index (κ1) is 16.4. The Morgan fingerprint density at radius 3 is 2.79 bits per heavy atom. The molecule has 0 aliphatic carbocycles. The van der Waals surface area contributed by atoms with Gasteiger partial charge in [-0.3, -0.25) is 4.79 Å². The number of benzene rings is 1. The van der Waals surface area contributed by atoms with Gasteiger partial charge in [-0.05, 0) is 47.7 Å². The predicted molar refractivity (Wildman–Crippen MR) is 92.8 cm³/mol. The van der Waals surface area contributed by atoms with Gasteiger partial charge in [0, 0.05) is 13.1 Å². The van der Waals surface area contributed by atoms with Crippen molar-refractivity contribution in [2.75, 3.05) is 13.1 Å². The highest BCUT2D eigenvalue weighted by molar-refractivity contribution is 6.18. The molecule has 6 nitrogen and oxygen atoms in total. The van der Waals surface area contributed by atoms with Crippen molar-refractivity contribution in [3.05, 3.63) is 41.7 Å². The maximum absolute atomic E-state index is 13.2. The topological polar surface area (TPSA) is 63.9 Å². The second-order valence-corrected chi connectivity index (χ2v) is 6.25. The van der Waals surface area contributed by atoms with Crippen LogP contribution in [0.25, 0.3) is 11.8 Å². The second-order valence-electron chi connectivity index (χ2n) is 6.25. The summed E-state index contributed by atoms with van der Waals surface area (Å²) in [6.07, 6.45) is 5.21. The number of carbonyl (C=O) groups excluding carboxylic acids is 1. The zero-order valence-corrected chi connectivity index (χ0v) is 14.2. The van der Waals surface area contributed by atoms with Crippen molar-refractivity contribution in [2.24, 2.45) is 5.92 Å². The first-order valence-corrected chi connectivity index (χ1v) is 8.50. The fourth-order valence-corrected chi connectivity index (χ4v) is 3.12. The van der Waals surface area contributed by atoms with Crippen LogP contribution in [-0.2, 0) is 4.79 Å². The molecule has 1 atom stereocenters. The molecule has 0 saturated carbocycles. The number of nitrogens with zero attached hydrogens (tertiary/aromatic N) is 5. The van der Waals surface area contributed by atoms with Gasteiger partial charge >= 0.3 is 0 Å². The molecule has 2 heterocycles. The minimum atomic E-state index is -0.00703. The Balaban J connectivity index is 1.94. The van der Waals surface area contributed by atoms with Crippen molar-refractivity contribution < 1.29 is 4.79 Å². The fraction of sp³-hybridized carbons (Fsp3) is 0.444. The standard InChI is InChI=1S/C18H23N5O/c1-3-15-10-7-11-22(13-15)18(24)17(23-14(2)19-20-21-23)12-16-8-5-4-6-9-16/h4-6,8-9,12,15H,3,7,10-11,13H2,1-2H3/b17-12-/t15-/m0/s1. The van der Waals surface area contributed by atoms with E-state index in [1.165, 1.54) is 11.1 Å². The zero-order valence-electron chi connectivity index (χ0n) is 14.2. The average molecular weight is 325 g/mol. The number of amides is 1. The van der Waals surface area contributed by atoms with Crippen LogP contribution in [0.4, 0.5) is 0 Å². The normalized spacial score (nSPS) is 18.7. The summed E-state index contributed by atoms with van der Waals surface area (Å²) in [7, 11) is 0. The third-order valence-electron chi connectivity index (χ3n) is 4.56. The third-order valence-corrected chi connectivity index (χ3v) is 4.56. The number of hydrogen-bond acceptors (Lipinski definition) is 4. The molecule has 1 fully saturated rings. The summed E-state index contributed by atoms with van der Waals surface area (Å²) >= 11 is 0. The molecule has 6 heteroatoms. The van der Waals surface area contributed by atoms with Crippen LogP contribution in [0.3, 0.4) is 0 Å². The Labute approximate surface area is 142 Å². The SMILES string of the molecule is CC[C@H]1CCCN(C(=O)/C(=C/c2ccccc2)n2nnnc2C)C1. The maximum atomic E-state index is 13.2. The number of tetrazole rings is 1. The quantitative estimate of drug-likeness (QED) is 0.811. The molecule has 0 unspecified atom stereocenters. The van der Waals surface area contributed by atoms with Crippen LogP contribution in [0.2, 0.25) is 0 Å². The number of likely N-dealkylation sites (tertiary alicyclic amines) is 1. The Hall–Kier alpha value is -2.50. The summed E-state index contributed by atoms with van der Waals surface area (Å²) in [6.45, 7) is 5.59. The highest BCUT2D eigenvalue weighted by atomic mass is 16.2. The first-order valence-electron chi connectivity index (χ1n) is 8.50. The smallest absolute Gasteiger partial charge is 0.272 e. The molecule has 1 aromatic carbocycles. The number of aromatic nitrogens is 4. The van der Waals surface area contributed by atoms with Gasteiger partial charge in [0.2, 0.25) is 0 Å². The predicted octanol–water partition coefficient (Wildman–Crippen LogP) is 2.63. The Morgan fingerprint density at radius 1 is 1.33 bits per heavy atom. The fourth-order valence-electron chi connectivity index (χ4n) is 3.12. The molecular formula is C18H23N5O. The molecule has 1 saturated heterocycles. The molecular weight excluding hydrogens is 302 g/mol. The summed E-state index contributed by atoms with van der Waals surface area (Å²) in [5.74, 6) is 1.18. The van der Waals surface area contributed by atoms with Gasteiger partial charge in [-0.25, -0.2) is 0 Å². The lowest BCUT2D eigenvalue weighted by molar-refractivity contribution is -0.127. The van der Waals surface area contributed by atoms with E-state index in [0.29, 0.717) is 17.4 Å². The molecule has 0 bridgehead atoms. The summed E-state index contributed by atoms with van der Waals surface area (Å²) in [5.41, 5.74) is 1.46. The van der Waals surface area contributed by atoms with E-state index in [1.807, 2.05) is 41.3 Å². The van der Waals surface area contributed by atoms with E-state index in [-0.39, 0.29) is 5.91 Å². The Bertz CT molecular complexity index is 722. The van der Waals surface area contributed by atoms with Gasteiger partial charge in [0.15, 0.2) is 5.82 Å². The average Bonchev–Trinajstić information content (AvgIpc) is 3.06. The molecule has 24 heavy (non-hydrogen) atoms. The van der Waals surface area contributed by atoms with Crippen LogP contribution >= 0.6 is 0 Å².